The molecule has 6 atom stereocenters. The van der Waals surface area contributed by atoms with Gasteiger partial charge in [-0.05, 0) is 104 Å². The second-order valence-corrected chi connectivity index (χ2v) is 10.7. The van der Waals surface area contributed by atoms with E-state index in [4.69, 9.17) is 4.74 Å². The van der Waals surface area contributed by atoms with Crippen molar-refractivity contribution in [3.05, 3.63) is 35.9 Å². The molecule has 3 heteroatoms. The number of aromatic hydroxyl groups is 1. The first-order valence-electron chi connectivity index (χ1n) is 12.2. The van der Waals surface area contributed by atoms with Crippen LogP contribution >= 0.6 is 0 Å². The molecule has 2 N–H and O–H groups in total. The lowest BCUT2D eigenvalue weighted by Gasteiger charge is -2.64. The summed E-state index contributed by atoms with van der Waals surface area (Å²) in [5.41, 5.74) is 1.59. The first-order valence-corrected chi connectivity index (χ1v) is 12.2. The van der Waals surface area contributed by atoms with E-state index in [-0.39, 0.29) is 11.7 Å². The zero-order chi connectivity index (χ0) is 20.5. The molecule has 1 aliphatic heterocycles. The molecule has 4 fully saturated rings. The van der Waals surface area contributed by atoms with Gasteiger partial charge in [0.15, 0.2) is 0 Å². The van der Waals surface area contributed by atoms with Crippen LogP contribution < -0.4 is 4.74 Å². The molecule has 0 amide bonds. The van der Waals surface area contributed by atoms with Crippen molar-refractivity contribution in [2.45, 2.75) is 82.8 Å². The van der Waals surface area contributed by atoms with E-state index in [1.54, 1.807) is 6.07 Å². The fourth-order valence-electron chi connectivity index (χ4n) is 8.31. The maximum Gasteiger partial charge on any atom is 0.124 e. The summed E-state index contributed by atoms with van der Waals surface area (Å²) in [6.07, 6.45) is 11.4. The van der Waals surface area contributed by atoms with Crippen LogP contribution in [0.4, 0.5) is 0 Å². The van der Waals surface area contributed by atoms with Crippen LogP contribution in [0.1, 0.15) is 70.3 Å². The smallest absolute Gasteiger partial charge is 0.124 e. The van der Waals surface area contributed by atoms with Crippen LogP contribution in [0.15, 0.2) is 30.3 Å². The van der Waals surface area contributed by atoms with Crippen molar-refractivity contribution in [3.8, 4) is 11.5 Å². The fraction of sp³-hybridized carbons (Fsp3) is 0.630. The van der Waals surface area contributed by atoms with Gasteiger partial charge in [0.25, 0.3) is 0 Å². The van der Waals surface area contributed by atoms with Crippen LogP contribution in [0.5, 0.6) is 11.5 Å². The molecule has 2 aromatic rings. The largest absolute Gasteiger partial charge is 0.508 e. The SMILES string of the molecule is CCC1CCCC23CCC14CCC(O)CC4C2Cc1c(ccc2ccc(O)cc12)O3. The van der Waals surface area contributed by atoms with Gasteiger partial charge < -0.3 is 14.9 Å². The van der Waals surface area contributed by atoms with E-state index in [1.807, 2.05) is 12.1 Å². The maximum absolute atomic E-state index is 10.7. The van der Waals surface area contributed by atoms with Crippen molar-refractivity contribution < 1.29 is 14.9 Å². The third-order valence-corrected chi connectivity index (χ3v) is 9.65. The number of ether oxygens (including phenoxy) is 1. The number of fused-ring (bicyclic) bond motifs is 7. The van der Waals surface area contributed by atoms with Crippen molar-refractivity contribution in [2.75, 3.05) is 0 Å². The average Bonchev–Trinajstić information content (AvgIpc) is 2.74. The summed E-state index contributed by atoms with van der Waals surface area (Å²) in [5.74, 6) is 3.15. The monoisotopic (exact) mass is 406 g/mol. The Morgan fingerprint density at radius 1 is 1.03 bits per heavy atom. The van der Waals surface area contributed by atoms with E-state index < -0.39 is 0 Å². The molecule has 160 valence electrons. The third-order valence-electron chi connectivity index (χ3n) is 9.65. The topological polar surface area (TPSA) is 49.7 Å². The lowest BCUT2D eigenvalue weighted by atomic mass is 9.44. The highest BCUT2D eigenvalue weighted by atomic mass is 16.5. The highest BCUT2D eigenvalue weighted by Gasteiger charge is 2.62. The van der Waals surface area contributed by atoms with Gasteiger partial charge in [-0.25, -0.2) is 0 Å². The fourth-order valence-corrected chi connectivity index (χ4v) is 8.31. The van der Waals surface area contributed by atoms with E-state index in [0.29, 0.717) is 23.0 Å². The normalized spacial score (nSPS) is 39.9. The second-order valence-electron chi connectivity index (χ2n) is 10.7. The number of phenols is 1. The molecule has 4 saturated carbocycles. The van der Waals surface area contributed by atoms with Crippen LogP contribution in [0.3, 0.4) is 0 Å². The Bertz CT molecular complexity index is 983. The van der Waals surface area contributed by atoms with Crippen LogP contribution in [-0.2, 0) is 6.42 Å². The number of hydrogen-bond acceptors (Lipinski definition) is 3. The minimum Gasteiger partial charge on any atom is -0.508 e. The Labute approximate surface area is 179 Å². The van der Waals surface area contributed by atoms with Gasteiger partial charge in [-0.3, -0.25) is 0 Å². The minimum atomic E-state index is -0.159. The zero-order valence-corrected chi connectivity index (χ0v) is 18.1. The average molecular weight is 407 g/mol. The van der Waals surface area contributed by atoms with Gasteiger partial charge in [-0.2, -0.15) is 0 Å². The number of benzene rings is 2. The number of rotatable bonds is 1. The summed E-state index contributed by atoms with van der Waals surface area (Å²) < 4.78 is 6.98. The minimum absolute atomic E-state index is 0.0680. The summed E-state index contributed by atoms with van der Waals surface area (Å²) in [6, 6.07) is 9.99. The molecule has 6 unspecified atom stereocenters. The van der Waals surface area contributed by atoms with Gasteiger partial charge in [-0.1, -0.05) is 25.5 Å². The molecule has 0 aromatic heterocycles. The highest BCUT2D eigenvalue weighted by Crippen LogP contribution is 2.65. The number of aliphatic hydroxyl groups excluding tert-OH is 1. The Morgan fingerprint density at radius 2 is 1.90 bits per heavy atom. The van der Waals surface area contributed by atoms with Crippen LogP contribution in [0.25, 0.3) is 10.8 Å². The van der Waals surface area contributed by atoms with Crippen molar-refractivity contribution in [1.82, 2.24) is 0 Å². The Morgan fingerprint density at radius 3 is 2.77 bits per heavy atom. The number of aliphatic hydroxyl groups is 1. The highest BCUT2D eigenvalue weighted by molar-refractivity contribution is 5.89. The van der Waals surface area contributed by atoms with E-state index in [9.17, 15) is 10.2 Å². The molecule has 0 saturated heterocycles. The lowest BCUT2D eigenvalue weighted by Crippen LogP contribution is -2.63. The molecule has 30 heavy (non-hydrogen) atoms. The first kappa shape index (κ1) is 19.0. The Kier molecular flexibility index (Phi) is 4.19. The van der Waals surface area contributed by atoms with Crippen molar-refractivity contribution in [1.29, 1.82) is 0 Å². The van der Waals surface area contributed by atoms with Crippen molar-refractivity contribution in [3.63, 3.8) is 0 Å². The predicted octanol–water partition coefficient (Wildman–Crippen LogP) is 5.99. The van der Waals surface area contributed by atoms with Crippen molar-refractivity contribution in [2.24, 2.45) is 23.2 Å². The number of phenolic OH excluding ortho intramolecular Hbond substituents is 1. The lowest BCUT2D eigenvalue weighted by molar-refractivity contribution is -0.182. The summed E-state index contributed by atoms with van der Waals surface area (Å²) in [6.45, 7) is 2.38. The maximum atomic E-state index is 10.7. The molecule has 4 aliphatic carbocycles. The standard InChI is InChI=1S/C27H34O3/c1-2-18-4-3-10-27-13-12-26(18)11-9-20(29)15-23(26)24(27)16-22-21-14-19(28)7-5-17(21)6-8-25(22)30-27/h5-8,14,18,20,23-24,28-29H,2-4,9-13,15-16H2,1H3. The molecular weight excluding hydrogens is 372 g/mol. The third kappa shape index (κ3) is 2.54. The van der Waals surface area contributed by atoms with E-state index >= 15 is 0 Å². The molecule has 1 heterocycles. The van der Waals surface area contributed by atoms with Gasteiger partial charge in [0, 0.05) is 11.5 Å². The van der Waals surface area contributed by atoms with Crippen LogP contribution in [0.2, 0.25) is 0 Å². The first-order chi connectivity index (χ1) is 14.5. The van der Waals surface area contributed by atoms with E-state index in [2.05, 4.69) is 19.1 Å². The Balaban J connectivity index is 1.51. The molecule has 5 aliphatic rings. The van der Waals surface area contributed by atoms with Gasteiger partial charge in [-0.15, -0.1) is 0 Å². The van der Waals surface area contributed by atoms with Crippen LogP contribution in [0, 0.1) is 23.2 Å². The second kappa shape index (κ2) is 6.63. The molecule has 2 spiro atoms. The Hall–Kier alpha value is -1.74. The summed E-state index contributed by atoms with van der Waals surface area (Å²) >= 11 is 0. The van der Waals surface area contributed by atoms with Crippen LogP contribution in [-0.4, -0.2) is 21.9 Å². The zero-order valence-electron chi connectivity index (χ0n) is 18.1. The molecular formula is C27H34O3. The summed E-state index contributed by atoms with van der Waals surface area (Å²) in [4.78, 5) is 0. The molecule has 7 rings (SSSR count). The number of hydrogen-bond donors (Lipinski definition) is 2. The van der Waals surface area contributed by atoms with Gasteiger partial charge in [0.2, 0.25) is 0 Å². The van der Waals surface area contributed by atoms with E-state index in [1.165, 1.54) is 43.1 Å². The quantitative estimate of drug-likeness (QED) is 0.612. The van der Waals surface area contributed by atoms with Gasteiger partial charge in [0.1, 0.15) is 17.1 Å². The molecule has 3 nitrogen and oxygen atoms in total. The molecule has 2 aromatic carbocycles. The van der Waals surface area contributed by atoms with E-state index in [0.717, 1.165) is 49.2 Å². The summed E-state index contributed by atoms with van der Waals surface area (Å²) in [5, 5.41) is 23.2. The summed E-state index contributed by atoms with van der Waals surface area (Å²) in [7, 11) is 0. The molecule has 0 radical (unpaired) electrons. The van der Waals surface area contributed by atoms with Crippen molar-refractivity contribution >= 4 is 10.8 Å². The van der Waals surface area contributed by atoms with Gasteiger partial charge in [0.05, 0.1) is 6.10 Å². The predicted molar refractivity (Wildman–Crippen MR) is 119 cm³/mol. The molecule has 2 bridgehead atoms. The van der Waals surface area contributed by atoms with Gasteiger partial charge >= 0.3 is 0 Å².